The fourth-order valence-electron chi connectivity index (χ4n) is 6.84. The fraction of sp³-hybridized carbons (Fsp3) is 0.682. The fourth-order valence-corrected chi connectivity index (χ4v) is 6.84. The van der Waals surface area contributed by atoms with Crippen molar-refractivity contribution in [1.82, 2.24) is 4.90 Å². The summed E-state index contributed by atoms with van der Waals surface area (Å²) in [5, 5.41) is 10.4. The van der Waals surface area contributed by atoms with E-state index in [2.05, 4.69) is 17.9 Å². The zero-order valence-electron chi connectivity index (χ0n) is 15.8. The van der Waals surface area contributed by atoms with Gasteiger partial charge in [0.1, 0.15) is 0 Å². The number of carbonyl (C=O) groups excluding carboxylic acids is 1. The number of Topliss-reactive ketones (excluding diaryl/α,β-unsaturated/α-hetero) is 1. The molecule has 4 nitrogen and oxygen atoms in total. The second kappa shape index (κ2) is 5.87. The first-order chi connectivity index (χ1) is 12.6. The standard InChI is InChI=1S/C22H27NO3.ClH/c1-12-9-15-16-10-14-5-6-17(24)20-18(14)22(15,21(26-20)19(12)25)7-8-23(16)11-13-3-2-4-13;/h5-6,12-13,15-16,21,24H,2-4,7-11H2,1H3;1H/t12-,15-,16+,21?,22-;/m0./s1. The van der Waals surface area contributed by atoms with Crippen LogP contribution in [-0.2, 0) is 16.6 Å². The highest BCUT2D eigenvalue weighted by Gasteiger charge is 2.67. The molecule has 0 aromatic heterocycles. The summed E-state index contributed by atoms with van der Waals surface area (Å²) >= 11 is 0. The van der Waals surface area contributed by atoms with Crippen molar-refractivity contribution in [1.29, 1.82) is 0 Å². The summed E-state index contributed by atoms with van der Waals surface area (Å²) in [6.07, 6.45) is 6.78. The molecular formula is C22H28ClNO3. The number of rotatable bonds is 2. The van der Waals surface area contributed by atoms with Gasteiger partial charge in [0, 0.05) is 29.5 Å². The van der Waals surface area contributed by atoms with Gasteiger partial charge in [-0.05, 0) is 62.1 Å². The van der Waals surface area contributed by atoms with Gasteiger partial charge in [0.15, 0.2) is 23.4 Å². The molecule has 1 spiro atoms. The second-order valence-electron chi connectivity index (χ2n) is 9.45. The van der Waals surface area contributed by atoms with Crippen LogP contribution < -0.4 is 4.74 Å². The van der Waals surface area contributed by atoms with E-state index in [0.29, 0.717) is 17.7 Å². The van der Waals surface area contributed by atoms with Crippen molar-refractivity contribution in [3.8, 4) is 11.5 Å². The van der Waals surface area contributed by atoms with E-state index in [4.69, 9.17) is 4.74 Å². The van der Waals surface area contributed by atoms with Crippen LogP contribution >= 0.6 is 12.4 Å². The third kappa shape index (κ3) is 2.12. The minimum absolute atomic E-state index is 0. The van der Waals surface area contributed by atoms with Crippen molar-refractivity contribution in [2.24, 2.45) is 17.8 Å². The molecule has 5 aliphatic rings. The van der Waals surface area contributed by atoms with E-state index in [1.165, 1.54) is 36.9 Å². The van der Waals surface area contributed by atoms with E-state index in [1.54, 1.807) is 6.07 Å². The van der Waals surface area contributed by atoms with Gasteiger partial charge in [0.25, 0.3) is 0 Å². The first kappa shape index (κ1) is 17.8. The summed E-state index contributed by atoms with van der Waals surface area (Å²) < 4.78 is 6.22. The monoisotopic (exact) mass is 389 g/mol. The normalized spacial score (nSPS) is 39.2. The summed E-state index contributed by atoms with van der Waals surface area (Å²) in [5.74, 6) is 2.48. The number of benzene rings is 1. The van der Waals surface area contributed by atoms with Crippen LogP contribution in [0.3, 0.4) is 0 Å². The van der Waals surface area contributed by atoms with Crippen LogP contribution in [0.2, 0.25) is 0 Å². The molecular weight excluding hydrogens is 362 g/mol. The molecule has 5 atom stereocenters. The Balaban J connectivity index is 0.00000160. The second-order valence-corrected chi connectivity index (χ2v) is 9.45. The van der Waals surface area contributed by atoms with Crippen molar-refractivity contribution < 1.29 is 14.6 Å². The van der Waals surface area contributed by atoms with Gasteiger partial charge < -0.3 is 9.84 Å². The lowest BCUT2D eigenvalue weighted by atomic mass is 9.50. The quantitative estimate of drug-likeness (QED) is 0.841. The highest BCUT2D eigenvalue weighted by molar-refractivity contribution is 5.90. The largest absolute Gasteiger partial charge is 0.504 e. The van der Waals surface area contributed by atoms with E-state index < -0.39 is 0 Å². The number of piperidine rings is 1. The van der Waals surface area contributed by atoms with Crippen molar-refractivity contribution in [3.63, 3.8) is 0 Å². The number of aromatic hydroxyl groups is 1. The number of hydrogen-bond donors (Lipinski definition) is 1. The van der Waals surface area contributed by atoms with E-state index >= 15 is 0 Å². The maximum Gasteiger partial charge on any atom is 0.177 e. The number of halogens is 1. The summed E-state index contributed by atoms with van der Waals surface area (Å²) in [6.45, 7) is 4.36. The van der Waals surface area contributed by atoms with Crippen LogP contribution in [0, 0.1) is 17.8 Å². The Morgan fingerprint density at radius 3 is 2.89 bits per heavy atom. The Kier molecular flexibility index (Phi) is 3.87. The summed E-state index contributed by atoms with van der Waals surface area (Å²) in [5.41, 5.74) is 2.31. The Labute approximate surface area is 166 Å². The van der Waals surface area contributed by atoms with Gasteiger partial charge in [-0.2, -0.15) is 0 Å². The van der Waals surface area contributed by atoms with Crippen molar-refractivity contribution >= 4 is 18.2 Å². The molecule has 0 radical (unpaired) electrons. The first-order valence-corrected chi connectivity index (χ1v) is 10.4. The lowest BCUT2D eigenvalue weighted by Crippen LogP contribution is -2.67. The molecule has 1 unspecified atom stereocenters. The number of nitrogens with zero attached hydrogens (tertiary/aromatic N) is 1. The predicted octanol–water partition coefficient (Wildman–Crippen LogP) is 3.47. The molecule has 1 saturated heterocycles. The average Bonchev–Trinajstić information content (AvgIpc) is 2.93. The van der Waals surface area contributed by atoms with Crippen molar-refractivity contribution in [2.45, 2.75) is 63.0 Å². The maximum atomic E-state index is 13.1. The molecule has 0 amide bonds. The summed E-state index contributed by atoms with van der Waals surface area (Å²) in [4.78, 5) is 15.8. The zero-order valence-corrected chi connectivity index (χ0v) is 16.6. The van der Waals surface area contributed by atoms with Gasteiger partial charge in [0.2, 0.25) is 0 Å². The lowest BCUT2D eigenvalue weighted by molar-refractivity contribution is -0.145. The van der Waals surface area contributed by atoms with Gasteiger partial charge in [-0.25, -0.2) is 0 Å². The van der Waals surface area contributed by atoms with Gasteiger partial charge in [0.05, 0.1) is 0 Å². The van der Waals surface area contributed by atoms with Crippen LogP contribution in [0.1, 0.15) is 50.2 Å². The Morgan fingerprint density at radius 1 is 1.33 bits per heavy atom. The number of phenolic OH excluding ortho intramolecular Hbond substituents is 1. The number of phenols is 1. The Hall–Kier alpha value is -1.26. The van der Waals surface area contributed by atoms with Crippen LogP contribution in [0.25, 0.3) is 0 Å². The molecule has 5 heteroatoms. The number of hydrogen-bond acceptors (Lipinski definition) is 4. The molecule has 2 bridgehead atoms. The molecule has 27 heavy (non-hydrogen) atoms. The lowest BCUT2D eigenvalue weighted by Gasteiger charge is -2.59. The number of likely N-dealkylation sites (tertiary alicyclic amines) is 1. The third-order valence-corrected chi connectivity index (χ3v) is 8.30. The highest BCUT2D eigenvalue weighted by atomic mass is 35.5. The molecule has 3 fully saturated rings. The molecule has 6 rings (SSSR count). The van der Waals surface area contributed by atoms with E-state index in [9.17, 15) is 9.90 Å². The third-order valence-electron chi connectivity index (χ3n) is 8.30. The maximum absolute atomic E-state index is 13.1. The minimum Gasteiger partial charge on any atom is -0.504 e. The number of carbonyl (C=O) groups is 1. The van der Waals surface area contributed by atoms with Crippen molar-refractivity contribution in [2.75, 3.05) is 13.1 Å². The first-order valence-electron chi connectivity index (χ1n) is 10.4. The SMILES string of the molecule is C[C@H]1C[C@H]2[C@H]3Cc4ccc(O)c5c4[C@@]2(CCN3CC2CCC2)C(O5)C1=O.Cl. The smallest absolute Gasteiger partial charge is 0.177 e. The molecule has 1 N–H and O–H groups in total. The topological polar surface area (TPSA) is 49.8 Å². The molecule has 3 aliphatic carbocycles. The number of ether oxygens (including phenoxy) is 1. The van der Waals surface area contributed by atoms with E-state index in [-0.39, 0.29) is 41.4 Å². The van der Waals surface area contributed by atoms with E-state index in [1.807, 2.05) is 0 Å². The zero-order chi connectivity index (χ0) is 17.6. The molecule has 146 valence electrons. The van der Waals surface area contributed by atoms with Gasteiger partial charge in [-0.3, -0.25) is 9.69 Å². The molecule has 2 saturated carbocycles. The number of ketones is 1. The van der Waals surface area contributed by atoms with Gasteiger partial charge in [-0.15, -0.1) is 12.4 Å². The van der Waals surface area contributed by atoms with E-state index in [0.717, 1.165) is 31.7 Å². The van der Waals surface area contributed by atoms with Crippen LogP contribution in [0.5, 0.6) is 11.5 Å². The molecule has 1 aromatic carbocycles. The van der Waals surface area contributed by atoms with Crippen LogP contribution in [-0.4, -0.2) is 41.0 Å². The van der Waals surface area contributed by atoms with Crippen molar-refractivity contribution in [3.05, 3.63) is 23.3 Å². The Morgan fingerprint density at radius 2 is 2.15 bits per heavy atom. The Bertz CT molecular complexity index is 807. The van der Waals surface area contributed by atoms with Crippen LogP contribution in [0.4, 0.5) is 0 Å². The molecule has 2 heterocycles. The van der Waals surface area contributed by atoms with Gasteiger partial charge >= 0.3 is 0 Å². The minimum atomic E-state index is -0.382. The summed E-state index contributed by atoms with van der Waals surface area (Å²) in [7, 11) is 0. The average molecular weight is 390 g/mol. The summed E-state index contributed by atoms with van der Waals surface area (Å²) in [6, 6.07) is 4.37. The van der Waals surface area contributed by atoms with Gasteiger partial charge in [-0.1, -0.05) is 19.4 Å². The van der Waals surface area contributed by atoms with Crippen LogP contribution in [0.15, 0.2) is 12.1 Å². The molecule has 2 aliphatic heterocycles. The highest BCUT2D eigenvalue weighted by Crippen LogP contribution is 2.63. The molecule has 1 aromatic rings. The predicted molar refractivity (Wildman–Crippen MR) is 105 cm³/mol.